The van der Waals surface area contributed by atoms with Crippen LogP contribution in [-0.2, 0) is 61.7 Å². The number of aromatic amines is 1. The Bertz CT molecular complexity index is 6050. The Balaban J connectivity index is 0.000000171. The number of furan rings is 2. The van der Waals surface area contributed by atoms with Crippen molar-refractivity contribution in [1.82, 2.24) is 19.9 Å². The second-order valence-corrected chi connectivity index (χ2v) is 31.5. The van der Waals surface area contributed by atoms with E-state index in [4.69, 9.17) is 13.8 Å². The lowest BCUT2D eigenvalue weighted by molar-refractivity contribution is -0.0728. The third kappa shape index (κ3) is 16.3. The van der Waals surface area contributed by atoms with Gasteiger partial charge in [-0.3, -0.25) is 28.0 Å². The van der Waals surface area contributed by atoms with Crippen molar-refractivity contribution in [3.05, 3.63) is 236 Å². The van der Waals surface area contributed by atoms with Crippen molar-refractivity contribution in [2.24, 2.45) is 0 Å². The molecule has 0 amide bonds. The maximum atomic E-state index is 14.5. The lowest BCUT2D eigenvalue weighted by Crippen LogP contribution is -2.39. The van der Waals surface area contributed by atoms with Crippen LogP contribution in [0, 0.1) is 30.2 Å². The molecule has 4 heterocycles. The smallest absolute Gasteiger partial charge is 0.455 e. The molecule has 568 valence electrons. The molecule has 22 nitrogen and oxygen atoms in total. The van der Waals surface area contributed by atoms with Gasteiger partial charge in [-0.25, -0.2) is 44.4 Å². The summed E-state index contributed by atoms with van der Waals surface area (Å²) in [5.41, 5.74) is -4.61. The molecule has 11 aromatic rings. The monoisotopic (exact) mass is 1590 g/mol. The molecule has 109 heavy (non-hydrogen) atoms. The van der Waals surface area contributed by atoms with Crippen molar-refractivity contribution in [1.29, 1.82) is 0 Å². The van der Waals surface area contributed by atoms with E-state index in [1.165, 1.54) is 93.1 Å². The number of sulfonamides is 2. The second-order valence-electron chi connectivity index (χ2n) is 24.4. The first-order chi connectivity index (χ1) is 51.1. The van der Waals surface area contributed by atoms with Gasteiger partial charge in [0, 0.05) is 102 Å². The number of Topliss-reactive ketones (excluding diaryl/α,β-unsaturated/α-hetero) is 2. The molecule has 0 saturated carbocycles. The average Bonchev–Trinajstić information content (AvgIpc) is 1.63. The van der Waals surface area contributed by atoms with Gasteiger partial charge in [0.1, 0.15) is 51.6 Å². The molecular weight excluding hydrogens is 1530 g/mol. The van der Waals surface area contributed by atoms with Crippen LogP contribution >= 0.6 is 0 Å². The maximum absolute atomic E-state index is 14.5. The molecule has 7 aromatic carbocycles. The van der Waals surface area contributed by atoms with E-state index in [1.54, 1.807) is 68.6 Å². The fraction of sp³-hybridized carbons (Fsp3) is 0.178. The number of carbonyl (C=O) groups excluding carboxylic acids is 2. The van der Waals surface area contributed by atoms with E-state index in [0.717, 1.165) is 62.1 Å². The summed E-state index contributed by atoms with van der Waals surface area (Å²) in [5, 5.41) is -0.160. The molecule has 2 aliphatic carbocycles. The Morgan fingerprint density at radius 3 is 1.37 bits per heavy atom. The molecule has 2 aliphatic rings. The highest BCUT2D eigenvalue weighted by Crippen LogP contribution is 2.45. The van der Waals surface area contributed by atoms with E-state index in [1.807, 2.05) is 13.0 Å². The van der Waals surface area contributed by atoms with Crippen LogP contribution in [0.25, 0.3) is 90.4 Å². The van der Waals surface area contributed by atoms with Crippen LogP contribution < -0.4 is 19.4 Å². The minimum absolute atomic E-state index is 0.0604. The fourth-order valence-corrected chi connectivity index (χ4v) is 13.4. The first-order valence-electron chi connectivity index (χ1n) is 32.0. The number of anilines is 3. The Morgan fingerprint density at radius 2 is 0.963 bits per heavy atom. The minimum Gasteiger partial charge on any atom is -0.455 e. The third-order valence-corrected chi connectivity index (χ3v) is 21.3. The van der Waals surface area contributed by atoms with E-state index in [9.17, 15) is 92.0 Å². The zero-order valence-electron chi connectivity index (χ0n) is 57.6. The minimum atomic E-state index is -6.49. The van der Waals surface area contributed by atoms with Crippen LogP contribution in [0.1, 0.15) is 86.7 Å². The number of rotatable bonds is 19. The lowest BCUT2D eigenvalue weighted by Gasteiger charge is -2.21. The number of alkyl halides is 6. The van der Waals surface area contributed by atoms with Gasteiger partial charge in [0.15, 0.2) is 11.6 Å². The van der Waals surface area contributed by atoms with Crippen LogP contribution in [0.2, 0.25) is 0 Å². The number of para-hydroxylation sites is 1. The van der Waals surface area contributed by atoms with E-state index < -0.39 is 85.2 Å². The zero-order chi connectivity index (χ0) is 79.4. The Morgan fingerprint density at radius 1 is 0.550 bits per heavy atom. The summed E-state index contributed by atoms with van der Waals surface area (Å²) < 4.78 is 245. The van der Waals surface area contributed by atoms with Crippen molar-refractivity contribution < 1.29 is 105 Å². The van der Waals surface area contributed by atoms with Crippen molar-refractivity contribution in [3.63, 3.8) is 0 Å². The third-order valence-electron chi connectivity index (χ3n) is 17.2. The Hall–Kier alpha value is -11.2. The predicted octanol–water partition coefficient (Wildman–Crippen LogP) is 15.5. The predicted molar refractivity (Wildman–Crippen MR) is 386 cm³/mol. The number of hydrogen-bond acceptors (Lipinski definition) is 19. The van der Waals surface area contributed by atoms with Crippen molar-refractivity contribution >= 4 is 114 Å². The molecule has 0 aliphatic heterocycles. The number of benzene rings is 7. The van der Waals surface area contributed by atoms with Crippen molar-refractivity contribution in [3.8, 4) is 45.2 Å². The summed E-state index contributed by atoms with van der Waals surface area (Å²) in [4.78, 5) is 56.2. The van der Waals surface area contributed by atoms with E-state index in [0.29, 0.717) is 85.2 Å². The van der Waals surface area contributed by atoms with Crippen LogP contribution in [0.3, 0.4) is 0 Å². The molecule has 0 atom stereocenters. The highest BCUT2D eigenvalue weighted by Gasteiger charge is 2.53. The number of halogens is 10. The van der Waals surface area contributed by atoms with Crippen molar-refractivity contribution in [2.45, 2.75) is 57.5 Å². The summed E-state index contributed by atoms with van der Waals surface area (Å²) in [7, 11) is -17.7. The number of carbonyl (C=O) groups is 2. The molecule has 0 saturated heterocycles. The highest BCUT2D eigenvalue weighted by molar-refractivity contribution is 7.92. The summed E-state index contributed by atoms with van der Waals surface area (Å²) in [5.74, 6) is -1.56. The van der Waals surface area contributed by atoms with Gasteiger partial charge in [-0.05, 0) is 126 Å². The van der Waals surface area contributed by atoms with Gasteiger partial charge in [0.05, 0.1) is 69.7 Å². The Labute approximate surface area is 614 Å². The molecular formula is C73H57F10N7O15S4. The number of aromatic nitrogens is 4. The van der Waals surface area contributed by atoms with Gasteiger partial charge >= 0.3 is 31.3 Å². The molecule has 0 bridgehead atoms. The SMILES string of the molecule is CCC(=O)c1c(-c2ccc(F)cc2)oc2cc(N(C)S(C)(=O)=O)c(-c3c[nH]c(=O)c(C4=Cc5c(F)cccc5C4)n3)cc12.CCC(=O)c1c(-c2ccc(F)cc2)oc2cc(N(C)S(C)(=O)=O)c(-c3cnc(C)c(C4=Cc5c(F)cccc5C4)n3)cc12.O=S(=O)(ON(OS(=O)(=O)C(F)(F)F)c1ccccc1)C(F)(F)F. The normalized spacial score (nSPS) is 13.0. The fourth-order valence-electron chi connectivity index (χ4n) is 11.6. The highest BCUT2D eigenvalue weighted by atomic mass is 32.2. The molecule has 0 radical (unpaired) electrons. The topological polar surface area (TPSA) is 297 Å². The van der Waals surface area contributed by atoms with E-state index in [-0.39, 0.29) is 81.2 Å². The van der Waals surface area contributed by atoms with Crippen LogP contribution in [-0.4, -0.2) is 103 Å². The number of allylic oxidation sites excluding steroid dienone is 2. The number of H-pyrrole nitrogens is 1. The van der Waals surface area contributed by atoms with Crippen LogP contribution in [0.15, 0.2) is 166 Å². The number of hydrogen-bond donors (Lipinski definition) is 1. The molecule has 4 aromatic heterocycles. The number of nitrogens with one attached hydrogen (secondary N) is 1. The number of nitrogens with zero attached hydrogens (tertiary/aromatic N) is 6. The number of aryl methyl sites for hydroxylation is 1. The quantitative estimate of drug-likeness (QED) is 0.0340. The van der Waals surface area contributed by atoms with Gasteiger partial charge in [-0.1, -0.05) is 61.5 Å². The zero-order valence-corrected chi connectivity index (χ0v) is 60.9. The van der Waals surface area contributed by atoms with Gasteiger partial charge in [-0.2, -0.15) is 43.2 Å². The molecule has 13 rings (SSSR count). The Kier molecular flexibility index (Phi) is 21.8. The summed E-state index contributed by atoms with van der Waals surface area (Å²) in [6.45, 7) is 5.24. The van der Waals surface area contributed by atoms with Gasteiger partial charge in [-0.15, -0.1) is 8.57 Å². The lowest BCUT2D eigenvalue weighted by atomic mass is 9.98. The van der Waals surface area contributed by atoms with Crippen LogP contribution in [0.5, 0.6) is 0 Å². The first kappa shape index (κ1) is 78.9. The number of fused-ring (bicyclic) bond motifs is 4. The first-order valence-corrected chi connectivity index (χ1v) is 38.6. The molecule has 0 spiro atoms. The largest absolute Gasteiger partial charge is 0.525 e. The standard InChI is InChI=1S/C33H27F2N3O4S.C32H25F2N3O5S.C8H5F6NO6S2/c1-5-29(39)31-25-15-24(27-17-36-18(2)32(37-27)21-13-20-7-6-8-26(35)23(20)14-21)28(38(3)43(4,40)41)16-30(25)42-33(31)19-9-11-22(34)12-10-19;1-4-27(38)29-23-14-22(25-16-35-32(39)30(36-25)19-12-18-6-5-7-24(34)21(18)13-19)26(37(2)43(3,40)41)15-28(23)42-31(29)17-8-10-20(33)11-9-17;9-7(10,11)22(16,17)20-15(6-4-2-1-3-5-6)21-23(18,19)8(12,13)14/h6-12,14-17H,5,13H2,1-4H3;5-11,13-16H,4,12H2,1-3H3,(H,35,39);1-5H. The molecule has 36 heteroatoms. The summed E-state index contributed by atoms with van der Waals surface area (Å²) >= 11 is 0. The van der Waals surface area contributed by atoms with Crippen LogP contribution in [0.4, 0.5) is 61.0 Å². The second kappa shape index (κ2) is 30.1. The van der Waals surface area contributed by atoms with E-state index in [2.05, 4.69) is 23.5 Å². The average molecular weight is 1590 g/mol. The molecule has 0 fully saturated rings. The maximum Gasteiger partial charge on any atom is 0.525 e. The molecule has 1 N–H and O–H groups in total. The van der Waals surface area contributed by atoms with Gasteiger partial charge in [0.25, 0.3) is 5.56 Å². The van der Waals surface area contributed by atoms with Crippen molar-refractivity contribution in [2.75, 3.05) is 40.4 Å². The number of ketones is 2. The van der Waals surface area contributed by atoms with Gasteiger partial charge in [0.2, 0.25) is 20.0 Å². The van der Waals surface area contributed by atoms with E-state index >= 15 is 0 Å². The van der Waals surface area contributed by atoms with Gasteiger partial charge < -0.3 is 13.8 Å². The summed E-state index contributed by atoms with van der Waals surface area (Å²) in [6.07, 6.45) is 9.48. The summed E-state index contributed by atoms with van der Waals surface area (Å²) in [6, 6.07) is 31.9. The molecule has 0 unspecified atom stereocenters.